The molecule has 0 spiro atoms. The molecule has 0 atom stereocenters. The Labute approximate surface area is 116 Å². The van der Waals surface area contributed by atoms with Gasteiger partial charge in [0.1, 0.15) is 14.1 Å². The van der Waals surface area contributed by atoms with Crippen molar-refractivity contribution in [2.45, 2.75) is 0 Å². The summed E-state index contributed by atoms with van der Waals surface area (Å²) in [4.78, 5) is 5.90. The van der Waals surface area contributed by atoms with E-state index in [1.165, 1.54) is 14.9 Å². The lowest BCUT2D eigenvalue weighted by atomic mass is 10.2. The summed E-state index contributed by atoms with van der Waals surface area (Å²) in [6, 6.07) is 14.7. The number of para-hydroxylation sites is 1. The molecule has 0 amide bonds. The van der Waals surface area contributed by atoms with Crippen molar-refractivity contribution < 1.29 is 12.4 Å². The first-order valence-electron chi connectivity index (χ1n) is 5.54. The van der Waals surface area contributed by atoms with E-state index in [1.54, 1.807) is 11.3 Å². The van der Waals surface area contributed by atoms with E-state index < -0.39 is 0 Å². The lowest BCUT2D eigenvalue weighted by Gasteiger charge is -2.04. The van der Waals surface area contributed by atoms with Crippen LogP contribution in [-0.2, 0) is 0 Å². The van der Waals surface area contributed by atoms with Crippen molar-refractivity contribution in [2.75, 3.05) is 14.1 Å². The molecule has 0 radical (unpaired) electrons. The smallest absolute Gasteiger partial charge is 0.201 e. The van der Waals surface area contributed by atoms with Gasteiger partial charge in [-0.25, -0.2) is 9.56 Å². The molecule has 1 aliphatic heterocycles. The zero-order valence-corrected chi connectivity index (χ0v) is 11.8. The highest BCUT2D eigenvalue weighted by Gasteiger charge is 2.07. The van der Waals surface area contributed by atoms with E-state index in [9.17, 15) is 0 Å². The number of nitrogens with zero attached hydrogens (tertiary/aromatic N) is 2. The van der Waals surface area contributed by atoms with Gasteiger partial charge in [0.2, 0.25) is 5.36 Å². The number of rotatable bonds is 0. The van der Waals surface area contributed by atoms with Crippen LogP contribution in [0.25, 0.3) is 20.8 Å². The minimum atomic E-state index is 0. The number of hydrogen-bond donors (Lipinski definition) is 0. The molecule has 0 N–H and O–H groups in total. The van der Waals surface area contributed by atoms with E-state index in [1.807, 2.05) is 6.07 Å². The quantitative estimate of drug-likeness (QED) is 0.397. The van der Waals surface area contributed by atoms with Crippen LogP contribution in [0.15, 0.2) is 42.5 Å². The molecule has 1 aromatic carbocycles. The van der Waals surface area contributed by atoms with Crippen LogP contribution in [-0.4, -0.2) is 19.1 Å². The minimum Gasteiger partial charge on any atom is -1.00 e. The molecular formula is C14H13ClN2S. The van der Waals surface area contributed by atoms with Crippen LogP contribution in [0.3, 0.4) is 0 Å². The van der Waals surface area contributed by atoms with Crippen LogP contribution in [0, 0.1) is 0 Å². The van der Waals surface area contributed by atoms with Crippen molar-refractivity contribution >= 4 is 21.6 Å². The molecule has 0 unspecified atom stereocenters. The summed E-state index contributed by atoms with van der Waals surface area (Å²) in [5, 5.41) is 1.21. The van der Waals surface area contributed by atoms with Gasteiger partial charge in [-0.2, -0.15) is 0 Å². The standard InChI is InChI=1S/C14H13N2S.ClH/c1-16(2)10-7-8-12-14(9-10)17-13-6-4-3-5-11(13)15-12;/h3-9H,1-2H3;1H/q+1;/p-1. The van der Waals surface area contributed by atoms with Gasteiger partial charge in [-0.05, 0) is 18.2 Å². The highest BCUT2D eigenvalue weighted by Crippen LogP contribution is 2.28. The number of fused-ring (bicyclic) bond motifs is 2. The van der Waals surface area contributed by atoms with E-state index in [4.69, 9.17) is 0 Å². The molecule has 1 heterocycles. The predicted molar refractivity (Wildman–Crippen MR) is 73.4 cm³/mol. The van der Waals surface area contributed by atoms with Crippen molar-refractivity contribution in [3.05, 3.63) is 47.8 Å². The Morgan fingerprint density at radius 1 is 1.06 bits per heavy atom. The largest absolute Gasteiger partial charge is 1.00 e. The third kappa shape index (κ3) is 2.24. The monoisotopic (exact) mass is 276 g/mol. The molecule has 0 aromatic heterocycles. The molecule has 0 bridgehead atoms. The highest BCUT2D eigenvalue weighted by molar-refractivity contribution is 7.21. The molecular weight excluding hydrogens is 264 g/mol. The predicted octanol–water partition coefficient (Wildman–Crippen LogP) is -0.563. The van der Waals surface area contributed by atoms with Gasteiger partial charge >= 0.3 is 0 Å². The number of benzene rings is 2. The Morgan fingerprint density at radius 2 is 1.83 bits per heavy atom. The van der Waals surface area contributed by atoms with Crippen molar-refractivity contribution in [2.24, 2.45) is 0 Å². The molecule has 2 aliphatic rings. The van der Waals surface area contributed by atoms with Gasteiger partial charge in [-0.1, -0.05) is 12.1 Å². The Balaban J connectivity index is 0.00000120. The first kappa shape index (κ1) is 13.0. The zero-order chi connectivity index (χ0) is 11.8. The summed E-state index contributed by atoms with van der Waals surface area (Å²) in [6.07, 6.45) is 0. The normalized spacial score (nSPS) is 10.3. The van der Waals surface area contributed by atoms with E-state index in [0.29, 0.717) is 0 Å². The van der Waals surface area contributed by atoms with Crippen molar-refractivity contribution in [1.29, 1.82) is 0 Å². The van der Waals surface area contributed by atoms with E-state index in [0.717, 1.165) is 11.2 Å². The van der Waals surface area contributed by atoms with Crippen LogP contribution in [0.4, 0.5) is 0 Å². The first-order chi connectivity index (χ1) is 8.24. The maximum Gasteiger partial charge on any atom is 0.201 e. The van der Waals surface area contributed by atoms with Gasteiger partial charge in [-0.3, -0.25) is 0 Å². The van der Waals surface area contributed by atoms with E-state index >= 15 is 0 Å². The van der Waals surface area contributed by atoms with Gasteiger partial charge in [0.25, 0.3) is 0 Å². The van der Waals surface area contributed by atoms with Crippen molar-refractivity contribution in [3.8, 4) is 10.6 Å². The molecule has 92 valence electrons. The third-order valence-corrected chi connectivity index (χ3v) is 3.90. The Hall–Kier alpha value is -1.45. The fourth-order valence-electron chi connectivity index (χ4n) is 1.84. The summed E-state index contributed by atoms with van der Waals surface area (Å²) in [7, 11) is 4.11. The first-order valence-corrected chi connectivity index (χ1v) is 6.36. The van der Waals surface area contributed by atoms with Crippen molar-refractivity contribution in [3.63, 3.8) is 0 Å². The topological polar surface area (TPSA) is 15.9 Å². The molecule has 0 saturated carbocycles. The highest BCUT2D eigenvalue weighted by atomic mass is 35.5. The molecule has 1 aliphatic carbocycles. The summed E-state index contributed by atoms with van der Waals surface area (Å²) in [5.74, 6) is 0. The zero-order valence-electron chi connectivity index (χ0n) is 10.2. The Morgan fingerprint density at radius 3 is 2.61 bits per heavy atom. The van der Waals surface area contributed by atoms with Crippen LogP contribution in [0.2, 0.25) is 0 Å². The fraction of sp³-hybridized carbons (Fsp3) is 0.143. The lowest BCUT2D eigenvalue weighted by molar-refractivity contribution is -0.00000340. The number of hydrogen-bond acceptors (Lipinski definition) is 2. The van der Waals surface area contributed by atoms with E-state index in [-0.39, 0.29) is 12.4 Å². The van der Waals surface area contributed by atoms with Gasteiger partial charge < -0.3 is 12.4 Å². The van der Waals surface area contributed by atoms with Gasteiger partial charge in [0, 0.05) is 12.1 Å². The summed E-state index contributed by atoms with van der Waals surface area (Å²) < 4.78 is 3.34. The average molecular weight is 277 g/mol. The molecule has 1 aromatic rings. The summed E-state index contributed by atoms with van der Waals surface area (Å²) in [6.45, 7) is 0. The second kappa shape index (κ2) is 5.04. The Bertz CT molecular complexity index is 729. The molecule has 18 heavy (non-hydrogen) atoms. The Kier molecular flexibility index (Phi) is 3.64. The molecule has 4 heteroatoms. The maximum absolute atomic E-state index is 4.67. The fourth-order valence-corrected chi connectivity index (χ4v) is 2.84. The van der Waals surface area contributed by atoms with Crippen LogP contribution in [0.5, 0.6) is 0 Å². The molecule has 3 rings (SSSR count). The lowest BCUT2D eigenvalue weighted by Crippen LogP contribution is -3.00. The third-order valence-electron chi connectivity index (χ3n) is 2.79. The summed E-state index contributed by atoms with van der Waals surface area (Å²) >= 11 is 1.79. The van der Waals surface area contributed by atoms with Crippen LogP contribution >= 0.6 is 11.3 Å². The molecule has 0 saturated heterocycles. The second-order valence-electron chi connectivity index (χ2n) is 4.23. The number of halogens is 1. The summed E-state index contributed by atoms with van der Waals surface area (Å²) in [5.41, 5.74) is 2.14. The minimum absolute atomic E-state index is 0. The molecule has 2 nitrogen and oxygen atoms in total. The van der Waals surface area contributed by atoms with Gasteiger partial charge in [0.05, 0.1) is 20.8 Å². The van der Waals surface area contributed by atoms with Gasteiger partial charge in [-0.15, -0.1) is 11.3 Å². The van der Waals surface area contributed by atoms with Crippen molar-refractivity contribution in [1.82, 2.24) is 9.56 Å². The second-order valence-corrected chi connectivity index (χ2v) is 5.31. The average Bonchev–Trinajstić information content (AvgIpc) is 2.35. The van der Waals surface area contributed by atoms with Crippen LogP contribution in [0.1, 0.15) is 0 Å². The molecule has 0 fully saturated rings. The maximum atomic E-state index is 4.67. The van der Waals surface area contributed by atoms with Gasteiger partial charge in [0.15, 0.2) is 0 Å². The SMILES string of the molecule is C[N+](C)=c1ccc2nc3ccccc3sc-2c1.[Cl-]. The van der Waals surface area contributed by atoms with E-state index in [2.05, 4.69) is 60.1 Å². The van der Waals surface area contributed by atoms with Crippen LogP contribution < -0.4 is 22.3 Å². The number of aromatic nitrogens is 1.